The van der Waals surface area contributed by atoms with Crippen molar-refractivity contribution in [2.24, 2.45) is 0 Å². The van der Waals surface area contributed by atoms with Crippen LogP contribution in [0.25, 0.3) is 87.6 Å². The minimum Gasteiger partial charge on any atom is -0.310 e. The SMILES string of the molecule is c1ccc(-c2cccc(N(c3ccc(-c4cccc5ccccc45)cc3)c3ccc(-c4ccc5c(ccc6c7ccccc7ccc56)c4)c(-c4ccccc4)c3)c2)cc1. The Balaban J connectivity index is 1.06. The number of fused-ring (bicyclic) bond motifs is 6. The fourth-order valence-corrected chi connectivity index (χ4v) is 8.95. The predicted octanol–water partition coefficient (Wildman–Crippen LogP) is 16.4. The van der Waals surface area contributed by atoms with E-state index in [0.717, 1.165) is 17.1 Å². The van der Waals surface area contributed by atoms with Gasteiger partial charge in [-0.3, -0.25) is 0 Å². The summed E-state index contributed by atoms with van der Waals surface area (Å²) in [5, 5.41) is 10.1. The summed E-state index contributed by atoms with van der Waals surface area (Å²) in [5.74, 6) is 0. The number of benzene rings is 11. The molecule has 11 aromatic carbocycles. The van der Waals surface area contributed by atoms with E-state index < -0.39 is 0 Å². The number of hydrogen-bond donors (Lipinski definition) is 0. The summed E-state index contributed by atoms with van der Waals surface area (Å²) in [6.45, 7) is 0. The van der Waals surface area contributed by atoms with E-state index in [4.69, 9.17) is 0 Å². The van der Waals surface area contributed by atoms with Crippen molar-refractivity contribution in [3.63, 3.8) is 0 Å². The number of anilines is 3. The summed E-state index contributed by atoms with van der Waals surface area (Å²) in [6.07, 6.45) is 0. The summed E-state index contributed by atoms with van der Waals surface area (Å²) in [5.41, 5.74) is 12.8. The van der Waals surface area contributed by atoms with Crippen LogP contribution in [0.4, 0.5) is 17.1 Å². The van der Waals surface area contributed by atoms with Crippen LogP contribution in [0.5, 0.6) is 0 Å². The van der Waals surface area contributed by atoms with Crippen molar-refractivity contribution in [3.05, 3.63) is 237 Å². The molecule has 0 spiro atoms. The number of hydrogen-bond acceptors (Lipinski definition) is 1. The highest BCUT2D eigenvalue weighted by molar-refractivity contribution is 6.17. The molecule has 0 N–H and O–H groups in total. The minimum absolute atomic E-state index is 1.09. The molecule has 11 rings (SSSR count). The van der Waals surface area contributed by atoms with Crippen LogP contribution in [0.15, 0.2) is 237 Å². The van der Waals surface area contributed by atoms with Crippen LogP contribution in [-0.4, -0.2) is 0 Å². The van der Waals surface area contributed by atoms with Crippen LogP contribution in [0.2, 0.25) is 0 Å². The fraction of sp³-hybridized carbons (Fsp3) is 0. The smallest absolute Gasteiger partial charge is 0.0468 e. The lowest BCUT2D eigenvalue weighted by atomic mass is 9.91. The Morgan fingerprint density at radius 1 is 0.203 bits per heavy atom. The lowest BCUT2D eigenvalue weighted by Crippen LogP contribution is -2.10. The van der Waals surface area contributed by atoms with E-state index in [-0.39, 0.29) is 0 Å². The highest BCUT2D eigenvalue weighted by atomic mass is 15.1. The highest BCUT2D eigenvalue weighted by Gasteiger charge is 2.18. The van der Waals surface area contributed by atoms with Crippen LogP contribution in [-0.2, 0) is 0 Å². The van der Waals surface area contributed by atoms with Crippen LogP contribution < -0.4 is 4.90 Å². The molecule has 0 unspecified atom stereocenters. The van der Waals surface area contributed by atoms with Gasteiger partial charge in [-0.2, -0.15) is 0 Å². The summed E-state index contributed by atoms with van der Waals surface area (Å²) < 4.78 is 0. The van der Waals surface area contributed by atoms with Crippen LogP contribution in [0, 0.1) is 0 Å². The van der Waals surface area contributed by atoms with Crippen molar-refractivity contribution >= 4 is 60.2 Å². The van der Waals surface area contributed by atoms with E-state index in [2.05, 4.69) is 241 Å². The van der Waals surface area contributed by atoms with Crippen LogP contribution in [0.1, 0.15) is 0 Å². The standard InChI is InChI=1S/C58H39N/c1-3-13-40(14-4-1)45-20-11-21-49(38-45)59(48-30-25-44(26-31-48)52-24-12-19-41-17-7-9-22-51(41)52)50-32-36-55(58(39-50)42-15-5-2-6-16-42)47-28-33-54-46(37-47)29-35-56-53-23-10-8-18-43(53)27-34-57(54)56/h1-39H. The molecule has 1 nitrogen and oxygen atoms in total. The molecular formula is C58H39N. The van der Waals surface area contributed by atoms with Crippen molar-refractivity contribution in [2.75, 3.05) is 4.90 Å². The Labute approximate surface area is 344 Å². The van der Waals surface area contributed by atoms with Gasteiger partial charge >= 0.3 is 0 Å². The molecule has 0 saturated heterocycles. The number of rotatable bonds is 7. The topological polar surface area (TPSA) is 3.24 Å². The van der Waals surface area contributed by atoms with E-state index in [1.54, 1.807) is 0 Å². The Bertz CT molecular complexity index is 3310. The Morgan fingerprint density at radius 3 is 1.51 bits per heavy atom. The van der Waals surface area contributed by atoms with E-state index in [9.17, 15) is 0 Å². The van der Waals surface area contributed by atoms with Crippen LogP contribution in [0.3, 0.4) is 0 Å². The largest absolute Gasteiger partial charge is 0.310 e. The summed E-state index contributed by atoms with van der Waals surface area (Å²) >= 11 is 0. The maximum Gasteiger partial charge on any atom is 0.0468 e. The van der Waals surface area contributed by atoms with Crippen molar-refractivity contribution in [2.45, 2.75) is 0 Å². The monoisotopic (exact) mass is 749 g/mol. The first kappa shape index (κ1) is 34.5. The van der Waals surface area contributed by atoms with Crippen LogP contribution >= 0.6 is 0 Å². The molecule has 276 valence electrons. The molecule has 0 radical (unpaired) electrons. The Hall–Kier alpha value is -7.74. The average molecular weight is 750 g/mol. The third-order valence-electron chi connectivity index (χ3n) is 11.8. The molecule has 0 bridgehead atoms. The maximum atomic E-state index is 2.40. The number of nitrogens with zero attached hydrogens (tertiary/aromatic N) is 1. The van der Waals surface area contributed by atoms with Crippen molar-refractivity contribution in [1.82, 2.24) is 0 Å². The van der Waals surface area contributed by atoms with E-state index >= 15 is 0 Å². The first-order valence-corrected chi connectivity index (χ1v) is 20.3. The molecule has 0 fully saturated rings. The second-order valence-corrected chi connectivity index (χ2v) is 15.3. The van der Waals surface area contributed by atoms with Gasteiger partial charge in [-0.05, 0) is 130 Å². The van der Waals surface area contributed by atoms with E-state index in [0.29, 0.717) is 0 Å². The third-order valence-corrected chi connectivity index (χ3v) is 11.8. The molecule has 0 aliphatic carbocycles. The zero-order valence-corrected chi connectivity index (χ0v) is 32.5. The summed E-state index contributed by atoms with van der Waals surface area (Å²) in [7, 11) is 0. The fourth-order valence-electron chi connectivity index (χ4n) is 8.95. The molecule has 1 heteroatoms. The van der Waals surface area contributed by atoms with E-state index in [1.165, 1.54) is 87.6 Å². The molecule has 0 amide bonds. The molecule has 0 heterocycles. The Kier molecular flexibility index (Phi) is 8.56. The normalized spacial score (nSPS) is 11.4. The molecular weight excluding hydrogens is 711 g/mol. The van der Waals surface area contributed by atoms with Crippen molar-refractivity contribution in [1.29, 1.82) is 0 Å². The second kappa shape index (κ2) is 14.6. The minimum atomic E-state index is 1.09. The molecule has 59 heavy (non-hydrogen) atoms. The second-order valence-electron chi connectivity index (χ2n) is 15.3. The third kappa shape index (κ3) is 6.30. The van der Waals surface area contributed by atoms with Gasteiger partial charge in [0.15, 0.2) is 0 Å². The van der Waals surface area contributed by atoms with Gasteiger partial charge in [0.1, 0.15) is 0 Å². The molecule has 0 saturated carbocycles. The van der Waals surface area contributed by atoms with E-state index in [1.807, 2.05) is 0 Å². The van der Waals surface area contributed by atoms with Gasteiger partial charge in [0.25, 0.3) is 0 Å². The van der Waals surface area contributed by atoms with Crippen molar-refractivity contribution < 1.29 is 0 Å². The molecule has 0 aliphatic rings. The lowest BCUT2D eigenvalue weighted by molar-refractivity contribution is 1.28. The molecule has 0 atom stereocenters. The summed E-state index contributed by atoms with van der Waals surface area (Å²) in [6, 6.07) is 86.3. The van der Waals surface area contributed by atoms with Gasteiger partial charge in [0.05, 0.1) is 0 Å². The average Bonchev–Trinajstić information content (AvgIpc) is 3.32. The van der Waals surface area contributed by atoms with Gasteiger partial charge in [0.2, 0.25) is 0 Å². The zero-order valence-electron chi connectivity index (χ0n) is 32.5. The quantitative estimate of drug-likeness (QED) is 0.147. The maximum absolute atomic E-state index is 2.40. The first-order valence-electron chi connectivity index (χ1n) is 20.3. The van der Waals surface area contributed by atoms with Gasteiger partial charge in [0, 0.05) is 17.1 Å². The summed E-state index contributed by atoms with van der Waals surface area (Å²) in [4.78, 5) is 2.40. The molecule has 0 aliphatic heterocycles. The molecule has 0 aromatic heterocycles. The zero-order chi connectivity index (χ0) is 39.1. The van der Waals surface area contributed by atoms with Crippen molar-refractivity contribution in [3.8, 4) is 44.5 Å². The first-order chi connectivity index (χ1) is 29.2. The van der Waals surface area contributed by atoms with Gasteiger partial charge < -0.3 is 4.90 Å². The predicted molar refractivity (Wildman–Crippen MR) is 253 cm³/mol. The lowest BCUT2D eigenvalue weighted by Gasteiger charge is -2.27. The van der Waals surface area contributed by atoms with Gasteiger partial charge in [-0.1, -0.05) is 194 Å². The molecule has 11 aromatic rings. The van der Waals surface area contributed by atoms with Gasteiger partial charge in [-0.25, -0.2) is 0 Å². The van der Waals surface area contributed by atoms with Gasteiger partial charge in [-0.15, -0.1) is 0 Å². The highest BCUT2D eigenvalue weighted by Crippen LogP contribution is 2.43. The Morgan fingerprint density at radius 2 is 0.729 bits per heavy atom.